The number of halogens is 1. The summed E-state index contributed by atoms with van der Waals surface area (Å²) in [6, 6.07) is 14.2. The summed E-state index contributed by atoms with van der Waals surface area (Å²) in [5.74, 6) is 0.468. The Kier molecular flexibility index (Phi) is 5.18. The zero-order valence-electron chi connectivity index (χ0n) is 12.6. The number of rotatable bonds is 4. The van der Waals surface area contributed by atoms with Crippen molar-refractivity contribution in [2.75, 3.05) is 0 Å². The number of nitrogens with one attached hydrogen (secondary N) is 1. The lowest BCUT2D eigenvalue weighted by Gasteiger charge is -2.09. The van der Waals surface area contributed by atoms with E-state index in [9.17, 15) is 4.79 Å². The molecule has 0 fully saturated rings. The highest BCUT2D eigenvalue weighted by molar-refractivity contribution is 9.10. The molecule has 0 aromatic heterocycles. The first kappa shape index (κ1) is 15.8. The quantitative estimate of drug-likeness (QED) is 0.846. The molecule has 0 radical (unpaired) electrons. The van der Waals surface area contributed by atoms with Gasteiger partial charge in [0.15, 0.2) is 0 Å². The fourth-order valence-corrected chi connectivity index (χ4v) is 2.54. The smallest absolute Gasteiger partial charge is 0.252 e. The third-order valence-corrected chi connectivity index (χ3v) is 4.16. The maximum atomic E-state index is 12.2. The van der Waals surface area contributed by atoms with Gasteiger partial charge < -0.3 is 5.32 Å². The molecular formula is C18H20BrNO. The minimum absolute atomic E-state index is 0.0569. The first-order valence-corrected chi connectivity index (χ1v) is 7.90. The van der Waals surface area contributed by atoms with Crippen molar-refractivity contribution in [2.24, 2.45) is 0 Å². The lowest BCUT2D eigenvalue weighted by Crippen LogP contribution is -2.23. The Hall–Kier alpha value is -1.61. The van der Waals surface area contributed by atoms with Crippen molar-refractivity contribution in [3.8, 4) is 0 Å². The van der Waals surface area contributed by atoms with Crippen molar-refractivity contribution < 1.29 is 4.79 Å². The minimum Gasteiger partial charge on any atom is -0.348 e. The second kappa shape index (κ2) is 6.90. The van der Waals surface area contributed by atoms with Crippen LogP contribution in [0.5, 0.6) is 0 Å². The van der Waals surface area contributed by atoms with Crippen molar-refractivity contribution in [1.29, 1.82) is 0 Å². The summed E-state index contributed by atoms with van der Waals surface area (Å²) in [5.41, 5.74) is 4.17. The van der Waals surface area contributed by atoms with Gasteiger partial charge in [0.1, 0.15) is 0 Å². The monoisotopic (exact) mass is 345 g/mol. The van der Waals surface area contributed by atoms with Gasteiger partial charge in [-0.3, -0.25) is 4.79 Å². The second-order valence-corrected chi connectivity index (χ2v) is 6.42. The maximum absolute atomic E-state index is 12.2. The van der Waals surface area contributed by atoms with Crippen LogP contribution in [0.1, 0.15) is 46.8 Å². The van der Waals surface area contributed by atoms with E-state index in [1.54, 1.807) is 0 Å². The Bertz CT molecular complexity index is 632. The molecule has 1 N–H and O–H groups in total. The van der Waals surface area contributed by atoms with Gasteiger partial charge in [-0.25, -0.2) is 0 Å². The van der Waals surface area contributed by atoms with Gasteiger partial charge in [-0.15, -0.1) is 0 Å². The summed E-state index contributed by atoms with van der Waals surface area (Å²) in [5, 5.41) is 2.96. The lowest BCUT2D eigenvalue weighted by atomic mass is 10.0. The third kappa shape index (κ3) is 4.18. The van der Waals surface area contributed by atoms with Gasteiger partial charge >= 0.3 is 0 Å². The molecule has 1 amide bonds. The van der Waals surface area contributed by atoms with Crippen molar-refractivity contribution in [3.63, 3.8) is 0 Å². The molecule has 0 heterocycles. The van der Waals surface area contributed by atoms with Gasteiger partial charge in [-0.1, -0.05) is 49.7 Å². The summed E-state index contributed by atoms with van der Waals surface area (Å²) in [7, 11) is 0. The molecule has 0 saturated heterocycles. The van der Waals surface area contributed by atoms with E-state index >= 15 is 0 Å². The highest BCUT2D eigenvalue weighted by atomic mass is 79.9. The van der Waals surface area contributed by atoms with Crippen molar-refractivity contribution in [3.05, 3.63) is 69.2 Å². The second-order valence-electron chi connectivity index (χ2n) is 5.56. The molecule has 0 spiro atoms. The Morgan fingerprint density at radius 1 is 1.14 bits per heavy atom. The molecule has 0 saturated carbocycles. The van der Waals surface area contributed by atoms with Crippen LogP contribution in [-0.4, -0.2) is 5.91 Å². The van der Waals surface area contributed by atoms with E-state index in [4.69, 9.17) is 0 Å². The Balaban J connectivity index is 2.02. The summed E-state index contributed by atoms with van der Waals surface area (Å²) in [6.45, 7) is 6.86. The average Bonchev–Trinajstić information content (AvgIpc) is 2.47. The van der Waals surface area contributed by atoms with Crippen molar-refractivity contribution in [2.45, 2.75) is 33.2 Å². The number of carbonyl (C=O) groups is 1. The molecule has 0 aliphatic carbocycles. The molecule has 0 aliphatic heterocycles. The van der Waals surface area contributed by atoms with Gasteiger partial charge in [0, 0.05) is 11.0 Å². The normalized spacial score (nSPS) is 10.7. The molecule has 2 aromatic rings. The molecule has 0 atom stereocenters. The standard InChI is InChI=1S/C18H20BrNO/c1-12(2)15-7-5-14(6-8-15)11-20-18(21)16-10-13(3)4-9-17(16)19/h4-10,12H,11H2,1-3H3,(H,20,21). The SMILES string of the molecule is Cc1ccc(Br)c(C(=O)NCc2ccc(C(C)C)cc2)c1. The average molecular weight is 346 g/mol. The van der Waals surface area contributed by atoms with E-state index in [1.807, 2.05) is 25.1 Å². The van der Waals surface area contributed by atoms with E-state index in [0.29, 0.717) is 18.0 Å². The number of aryl methyl sites for hydroxylation is 1. The lowest BCUT2D eigenvalue weighted by molar-refractivity contribution is 0.0950. The van der Waals surface area contributed by atoms with Gasteiger partial charge in [0.05, 0.1) is 5.56 Å². The predicted octanol–water partition coefficient (Wildman–Crippen LogP) is 4.81. The number of carbonyl (C=O) groups excluding carboxylic acids is 1. The molecule has 2 rings (SSSR count). The van der Waals surface area contributed by atoms with Crippen LogP contribution in [0.4, 0.5) is 0 Å². The third-order valence-electron chi connectivity index (χ3n) is 3.47. The molecule has 2 nitrogen and oxygen atoms in total. The number of hydrogen-bond acceptors (Lipinski definition) is 1. The molecule has 0 aliphatic rings. The number of benzene rings is 2. The molecule has 2 aromatic carbocycles. The molecule has 0 unspecified atom stereocenters. The van der Waals surface area contributed by atoms with E-state index in [2.05, 4.69) is 59.4 Å². The maximum Gasteiger partial charge on any atom is 0.252 e. The molecular weight excluding hydrogens is 326 g/mol. The van der Waals surface area contributed by atoms with E-state index in [-0.39, 0.29) is 5.91 Å². The first-order chi connectivity index (χ1) is 9.97. The van der Waals surface area contributed by atoms with Crippen LogP contribution >= 0.6 is 15.9 Å². The van der Waals surface area contributed by atoms with Crippen LogP contribution < -0.4 is 5.32 Å². The summed E-state index contributed by atoms with van der Waals surface area (Å²) in [4.78, 5) is 12.2. The van der Waals surface area contributed by atoms with Crippen LogP contribution in [0.25, 0.3) is 0 Å². The van der Waals surface area contributed by atoms with Crippen LogP contribution in [0, 0.1) is 6.92 Å². The van der Waals surface area contributed by atoms with Gasteiger partial charge in [-0.05, 0) is 52.0 Å². The van der Waals surface area contributed by atoms with E-state index in [0.717, 1.165) is 15.6 Å². The zero-order valence-corrected chi connectivity index (χ0v) is 14.2. The predicted molar refractivity (Wildman–Crippen MR) is 90.6 cm³/mol. The fraction of sp³-hybridized carbons (Fsp3) is 0.278. The Morgan fingerprint density at radius 3 is 2.43 bits per heavy atom. The molecule has 110 valence electrons. The minimum atomic E-state index is -0.0569. The zero-order chi connectivity index (χ0) is 15.4. The van der Waals surface area contributed by atoms with Crippen LogP contribution in [0.15, 0.2) is 46.9 Å². The van der Waals surface area contributed by atoms with E-state index < -0.39 is 0 Å². The molecule has 21 heavy (non-hydrogen) atoms. The largest absolute Gasteiger partial charge is 0.348 e. The van der Waals surface area contributed by atoms with Crippen LogP contribution in [-0.2, 0) is 6.54 Å². The Morgan fingerprint density at radius 2 is 1.81 bits per heavy atom. The first-order valence-electron chi connectivity index (χ1n) is 7.10. The van der Waals surface area contributed by atoms with Gasteiger partial charge in [-0.2, -0.15) is 0 Å². The van der Waals surface area contributed by atoms with Gasteiger partial charge in [0.25, 0.3) is 5.91 Å². The van der Waals surface area contributed by atoms with Crippen molar-refractivity contribution >= 4 is 21.8 Å². The van der Waals surface area contributed by atoms with Crippen molar-refractivity contribution in [1.82, 2.24) is 5.32 Å². The summed E-state index contributed by atoms with van der Waals surface area (Å²) >= 11 is 3.42. The van der Waals surface area contributed by atoms with E-state index in [1.165, 1.54) is 5.56 Å². The van der Waals surface area contributed by atoms with Crippen LogP contribution in [0.3, 0.4) is 0 Å². The Labute approximate surface area is 134 Å². The molecule has 0 bridgehead atoms. The topological polar surface area (TPSA) is 29.1 Å². The number of amides is 1. The highest BCUT2D eigenvalue weighted by Crippen LogP contribution is 2.18. The summed E-state index contributed by atoms with van der Waals surface area (Å²) < 4.78 is 0.820. The summed E-state index contributed by atoms with van der Waals surface area (Å²) in [6.07, 6.45) is 0. The van der Waals surface area contributed by atoms with Gasteiger partial charge in [0.2, 0.25) is 0 Å². The fourth-order valence-electron chi connectivity index (χ4n) is 2.11. The van der Waals surface area contributed by atoms with Crippen LogP contribution in [0.2, 0.25) is 0 Å². The number of hydrogen-bond donors (Lipinski definition) is 1. The highest BCUT2D eigenvalue weighted by Gasteiger charge is 2.09. The molecule has 3 heteroatoms.